The molecule has 1 atom stereocenters. The van der Waals surface area contributed by atoms with Gasteiger partial charge in [-0.2, -0.15) is 5.26 Å². The first kappa shape index (κ1) is 15.4. The molecule has 1 N–H and O–H groups in total. The maximum atomic E-state index is 11.6. The number of nitriles is 1. The quantitative estimate of drug-likeness (QED) is 0.652. The van der Waals surface area contributed by atoms with Crippen molar-refractivity contribution in [3.8, 4) is 6.07 Å². The number of esters is 1. The van der Waals surface area contributed by atoms with Gasteiger partial charge in [-0.05, 0) is 37.6 Å². The van der Waals surface area contributed by atoms with Crippen LogP contribution in [0.2, 0.25) is 0 Å². The fourth-order valence-electron chi connectivity index (χ4n) is 1.43. The first-order valence-electron chi connectivity index (χ1n) is 6.22. The van der Waals surface area contributed by atoms with Gasteiger partial charge in [0.1, 0.15) is 6.04 Å². The van der Waals surface area contributed by atoms with Crippen molar-refractivity contribution in [2.75, 3.05) is 6.61 Å². The standard InChI is InChI=1S/C15H16N2O3/c1-3-20-15(19)11(2)17-14(18)9-8-12-4-6-13(10-16)7-5-12/h4-9,11H,3H2,1-2H3,(H,17,18). The molecule has 1 amide bonds. The topological polar surface area (TPSA) is 79.2 Å². The molecule has 0 aliphatic rings. The summed E-state index contributed by atoms with van der Waals surface area (Å²) in [5.41, 5.74) is 1.35. The van der Waals surface area contributed by atoms with E-state index in [9.17, 15) is 9.59 Å². The number of carbonyl (C=O) groups excluding carboxylic acids is 2. The van der Waals surface area contributed by atoms with Crippen molar-refractivity contribution < 1.29 is 14.3 Å². The van der Waals surface area contributed by atoms with Crippen LogP contribution in [0.1, 0.15) is 25.0 Å². The van der Waals surface area contributed by atoms with Gasteiger partial charge in [0.2, 0.25) is 5.91 Å². The zero-order chi connectivity index (χ0) is 15.0. The maximum absolute atomic E-state index is 11.6. The number of rotatable bonds is 5. The van der Waals surface area contributed by atoms with Crippen LogP contribution >= 0.6 is 0 Å². The molecule has 0 bridgehead atoms. The van der Waals surface area contributed by atoms with Crippen molar-refractivity contribution in [2.24, 2.45) is 0 Å². The van der Waals surface area contributed by atoms with Gasteiger partial charge in [-0.25, -0.2) is 4.79 Å². The lowest BCUT2D eigenvalue weighted by atomic mass is 10.1. The van der Waals surface area contributed by atoms with Gasteiger partial charge in [-0.1, -0.05) is 12.1 Å². The molecule has 0 saturated carbocycles. The molecular formula is C15H16N2O3. The number of nitrogens with one attached hydrogen (secondary N) is 1. The summed E-state index contributed by atoms with van der Waals surface area (Å²) >= 11 is 0. The Labute approximate surface area is 117 Å². The monoisotopic (exact) mass is 272 g/mol. The van der Waals surface area contributed by atoms with Gasteiger partial charge in [-0.15, -0.1) is 0 Å². The Balaban J connectivity index is 2.55. The predicted molar refractivity (Wildman–Crippen MR) is 74.4 cm³/mol. The molecular weight excluding hydrogens is 256 g/mol. The van der Waals surface area contributed by atoms with E-state index in [1.807, 2.05) is 6.07 Å². The van der Waals surface area contributed by atoms with Gasteiger partial charge in [0.15, 0.2) is 0 Å². The summed E-state index contributed by atoms with van der Waals surface area (Å²) in [6.45, 7) is 3.54. The second kappa shape index (κ2) is 7.74. The van der Waals surface area contributed by atoms with Crippen molar-refractivity contribution in [1.82, 2.24) is 5.32 Å². The second-order valence-electron chi connectivity index (χ2n) is 4.05. The van der Waals surface area contributed by atoms with Gasteiger partial charge in [0, 0.05) is 6.08 Å². The Morgan fingerprint density at radius 3 is 2.60 bits per heavy atom. The second-order valence-corrected chi connectivity index (χ2v) is 4.05. The lowest BCUT2D eigenvalue weighted by Gasteiger charge is -2.10. The molecule has 0 saturated heterocycles. The van der Waals surface area contributed by atoms with Crippen LogP contribution < -0.4 is 5.32 Å². The van der Waals surface area contributed by atoms with E-state index in [4.69, 9.17) is 10.00 Å². The van der Waals surface area contributed by atoms with Crippen LogP contribution in [0.4, 0.5) is 0 Å². The third kappa shape index (κ3) is 4.94. The van der Waals surface area contributed by atoms with E-state index in [1.165, 1.54) is 6.08 Å². The molecule has 1 aromatic rings. The SMILES string of the molecule is CCOC(=O)C(C)NC(=O)C=Cc1ccc(C#N)cc1. The number of hydrogen-bond donors (Lipinski definition) is 1. The summed E-state index contributed by atoms with van der Waals surface area (Å²) in [5, 5.41) is 11.2. The number of nitrogens with zero attached hydrogens (tertiary/aromatic N) is 1. The van der Waals surface area contributed by atoms with E-state index < -0.39 is 12.0 Å². The minimum atomic E-state index is -0.687. The van der Waals surface area contributed by atoms with E-state index in [-0.39, 0.29) is 12.5 Å². The van der Waals surface area contributed by atoms with Gasteiger partial charge in [0.25, 0.3) is 0 Å². The normalized spacial score (nSPS) is 11.7. The van der Waals surface area contributed by atoms with Crippen LogP contribution in [0.15, 0.2) is 30.3 Å². The smallest absolute Gasteiger partial charge is 0.328 e. The molecule has 0 radical (unpaired) electrons. The average molecular weight is 272 g/mol. The van der Waals surface area contributed by atoms with Crippen molar-refractivity contribution in [3.05, 3.63) is 41.5 Å². The highest BCUT2D eigenvalue weighted by molar-refractivity contribution is 5.94. The number of amides is 1. The molecule has 5 nitrogen and oxygen atoms in total. The minimum absolute atomic E-state index is 0.278. The molecule has 1 unspecified atom stereocenters. The molecule has 0 fully saturated rings. The summed E-state index contributed by atoms with van der Waals surface area (Å²) in [4.78, 5) is 22.9. The fourth-order valence-corrected chi connectivity index (χ4v) is 1.43. The first-order valence-corrected chi connectivity index (χ1v) is 6.22. The van der Waals surface area contributed by atoms with Crippen LogP contribution in [0, 0.1) is 11.3 Å². The summed E-state index contributed by atoms with van der Waals surface area (Å²) in [5.74, 6) is -0.845. The van der Waals surface area contributed by atoms with Crippen molar-refractivity contribution >= 4 is 18.0 Å². The molecule has 5 heteroatoms. The van der Waals surface area contributed by atoms with Crippen LogP contribution in [-0.4, -0.2) is 24.5 Å². The molecule has 0 aliphatic carbocycles. The average Bonchev–Trinajstić information content (AvgIpc) is 2.45. The molecule has 1 rings (SSSR count). The van der Waals surface area contributed by atoms with Crippen LogP contribution in [0.5, 0.6) is 0 Å². The van der Waals surface area contributed by atoms with Gasteiger partial charge >= 0.3 is 5.97 Å². The summed E-state index contributed by atoms with van der Waals surface area (Å²) in [7, 11) is 0. The summed E-state index contributed by atoms with van der Waals surface area (Å²) < 4.78 is 4.78. The Kier molecular flexibility index (Phi) is 5.98. The Bertz CT molecular complexity index is 541. The molecule has 0 aromatic heterocycles. The predicted octanol–water partition coefficient (Wildman–Crippen LogP) is 1.64. The lowest BCUT2D eigenvalue weighted by Crippen LogP contribution is -2.38. The highest BCUT2D eigenvalue weighted by atomic mass is 16.5. The zero-order valence-corrected chi connectivity index (χ0v) is 11.4. The number of ether oxygens (including phenoxy) is 1. The molecule has 0 aliphatic heterocycles. The van der Waals surface area contributed by atoms with Crippen molar-refractivity contribution in [3.63, 3.8) is 0 Å². The van der Waals surface area contributed by atoms with E-state index in [0.29, 0.717) is 5.56 Å². The van der Waals surface area contributed by atoms with Crippen molar-refractivity contribution in [1.29, 1.82) is 5.26 Å². The van der Waals surface area contributed by atoms with E-state index in [1.54, 1.807) is 44.2 Å². The molecule has 0 spiro atoms. The van der Waals surface area contributed by atoms with E-state index in [2.05, 4.69) is 5.32 Å². The molecule has 0 heterocycles. The van der Waals surface area contributed by atoms with Gasteiger partial charge in [0.05, 0.1) is 18.2 Å². The fraction of sp³-hybridized carbons (Fsp3) is 0.267. The largest absolute Gasteiger partial charge is 0.464 e. The number of benzene rings is 1. The third-order valence-electron chi connectivity index (χ3n) is 2.47. The maximum Gasteiger partial charge on any atom is 0.328 e. The number of carbonyl (C=O) groups is 2. The summed E-state index contributed by atoms with van der Waals surface area (Å²) in [6, 6.07) is 8.13. The van der Waals surface area contributed by atoms with E-state index >= 15 is 0 Å². The molecule has 20 heavy (non-hydrogen) atoms. The first-order chi connectivity index (χ1) is 9.56. The number of hydrogen-bond acceptors (Lipinski definition) is 4. The Hall–Kier alpha value is -2.61. The lowest BCUT2D eigenvalue weighted by molar-refractivity contribution is -0.146. The van der Waals surface area contributed by atoms with E-state index in [0.717, 1.165) is 5.56 Å². The van der Waals surface area contributed by atoms with Crippen molar-refractivity contribution in [2.45, 2.75) is 19.9 Å². The molecule has 104 valence electrons. The zero-order valence-electron chi connectivity index (χ0n) is 11.4. The van der Waals surface area contributed by atoms with Gasteiger partial charge < -0.3 is 10.1 Å². The van der Waals surface area contributed by atoms with Crippen LogP contribution in [0.25, 0.3) is 6.08 Å². The Morgan fingerprint density at radius 2 is 2.05 bits per heavy atom. The minimum Gasteiger partial charge on any atom is -0.464 e. The van der Waals surface area contributed by atoms with Crippen LogP contribution in [0.3, 0.4) is 0 Å². The Morgan fingerprint density at radius 1 is 1.40 bits per heavy atom. The highest BCUT2D eigenvalue weighted by Crippen LogP contribution is 2.05. The van der Waals surface area contributed by atoms with Gasteiger partial charge in [-0.3, -0.25) is 4.79 Å². The highest BCUT2D eigenvalue weighted by Gasteiger charge is 2.14. The summed E-state index contributed by atoms with van der Waals surface area (Å²) in [6.07, 6.45) is 2.94. The molecule has 1 aromatic carbocycles. The van der Waals surface area contributed by atoms with Crippen LogP contribution in [-0.2, 0) is 14.3 Å². The third-order valence-corrected chi connectivity index (χ3v) is 2.47.